The number of rotatable bonds is 3. The molecule has 84 valence electrons. The number of ether oxygens (including phenoxy) is 1. The van der Waals surface area contributed by atoms with Crippen molar-refractivity contribution in [2.45, 2.75) is 0 Å². The minimum absolute atomic E-state index is 0.136. The van der Waals surface area contributed by atoms with Crippen LogP contribution in [0, 0.1) is 15.9 Å². The smallest absolute Gasteiger partial charge is 0.330 e. The molecule has 0 N–H and O–H groups in total. The third-order valence-electron chi connectivity index (χ3n) is 1.79. The second-order valence-electron chi connectivity index (χ2n) is 2.82. The SMILES string of the molecule is COC(=O)/C=C/c1ccc(F)cc1[N+](=O)[O-]. The van der Waals surface area contributed by atoms with Crippen LogP contribution in [0.4, 0.5) is 10.1 Å². The van der Waals surface area contributed by atoms with Crippen molar-refractivity contribution in [3.8, 4) is 0 Å². The normalized spacial score (nSPS) is 10.4. The molecular formula is C10H8FNO4. The molecule has 0 amide bonds. The van der Waals surface area contributed by atoms with Crippen LogP contribution in [0.1, 0.15) is 5.56 Å². The maximum atomic E-state index is 12.8. The van der Waals surface area contributed by atoms with Crippen molar-refractivity contribution in [1.82, 2.24) is 0 Å². The first-order chi connectivity index (χ1) is 7.54. The average Bonchev–Trinajstić information content (AvgIpc) is 2.26. The molecule has 5 nitrogen and oxygen atoms in total. The summed E-state index contributed by atoms with van der Waals surface area (Å²) in [5.74, 6) is -1.35. The summed E-state index contributed by atoms with van der Waals surface area (Å²) >= 11 is 0. The van der Waals surface area contributed by atoms with E-state index in [0.717, 1.165) is 18.2 Å². The Hall–Kier alpha value is -2.24. The van der Waals surface area contributed by atoms with Gasteiger partial charge in [0, 0.05) is 6.08 Å². The summed E-state index contributed by atoms with van der Waals surface area (Å²) in [6.07, 6.45) is 2.23. The molecule has 0 spiro atoms. The number of hydrogen-bond donors (Lipinski definition) is 0. The fraction of sp³-hybridized carbons (Fsp3) is 0.100. The van der Waals surface area contributed by atoms with Crippen LogP contribution in [0.3, 0.4) is 0 Å². The lowest BCUT2D eigenvalue weighted by molar-refractivity contribution is -0.385. The van der Waals surface area contributed by atoms with Crippen molar-refractivity contribution in [3.63, 3.8) is 0 Å². The Morgan fingerprint density at radius 3 is 2.81 bits per heavy atom. The number of hydrogen-bond acceptors (Lipinski definition) is 4. The van der Waals surface area contributed by atoms with E-state index in [0.29, 0.717) is 0 Å². The van der Waals surface area contributed by atoms with E-state index in [9.17, 15) is 19.3 Å². The fourth-order valence-corrected chi connectivity index (χ4v) is 1.04. The van der Waals surface area contributed by atoms with Gasteiger partial charge in [-0.3, -0.25) is 10.1 Å². The van der Waals surface area contributed by atoms with E-state index >= 15 is 0 Å². The topological polar surface area (TPSA) is 69.4 Å². The van der Waals surface area contributed by atoms with Crippen molar-refractivity contribution in [2.75, 3.05) is 7.11 Å². The van der Waals surface area contributed by atoms with Gasteiger partial charge in [-0.15, -0.1) is 0 Å². The lowest BCUT2D eigenvalue weighted by Gasteiger charge is -1.97. The molecule has 6 heteroatoms. The van der Waals surface area contributed by atoms with Crippen LogP contribution in [0.25, 0.3) is 6.08 Å². The molecule has 0 heterocycles. The largest absolute Gasteiger partial charge is 0.466 e. The van der Waals surface area contributed by atoms with Crippen LogP contribution in [-0.4, -0.2) is 18.0 Å². The van der Waals surface area contributed by atoms with Gasteiger partial charge in [-0.05, 0) is 18.2 Å². The summed E-state index contributed by atoms with van der Waals surface area (Å²) < 4.78 is 17.1. The minimum Gasteiger partial charge on any atom is -0.466 e. The molecule has 0 bridgehead atoms. The molecule has 16 heavy (non-hydrogen) atoms. The Morgan fingerprint density at radius 1 is 1.56 bits per heavy atom. The number of benzene rings is 1. The highest BCUT2D eigenvalue weighted by Crippen LogP contribution is 2.20. The van der Waals surface area contributed by atoms with Crippen LogP contribution in [0.2, 0.25) is 0 Å². The second kappa shape index (κ2) is 5.01. The van der Waals surface area contributed by atoms with E-state index in [-0.39, 0.29) is 5.56 Å². The van der Waals surface area contributed by atoms with Crippen molar-refractivity contribution in [2.24, 2.45) is 0 Å². The van der Waals surface area contributed by atoms with Crippen LogP contribution in [0.5, 0.6) is 0 Å². The first kappa shape index (κ1) is 11.8. The molecule has 0 aliphatic rings. The molecule has 0 radical (unpaired) electrons. The Bertz CT molecular complexity index is 456. The van der Waals surface area contributed by atoms with E-state index in [1.807, 2.05) is 0 Å². The Balaban J connectivity index is 3.09. The van der Waals surface area contributed by atoms with Crippen molar-refractivity contribution in [3.05, 3.63) is 45.8 Å². The molecule has 0 aromatic heterocycles. The summed E-state index contributed by atoms with van der Waals surface area (Å²) in [5, 5.41) is 10.6. The first-order valence-electron chi connectivity index (χ1n) is 4.24. The molecule has 0 atom stereocenters. The summed E-state index contributed by atoms with van der Waals surface area (Å²) in [5.41, 5.74) is -0.267. The minimum atomic E-state index is -0.722. The number of methoxy groups -OCH3 is 1. The number of nitrogens with zero attached hydrogens (tertiary/aromatic N) is 1. The quantitative estimate of drug-likeness (QED) is 0.341. The number of carbonyl (C=O) groups excluding carboxylic acids is 1. The molecule has 0 unspecified atom stereocenters. The van der Waals surface area contributed by atoms with Gasteiger partial charge in [-0.1, -0.05) is 0 Å². The highest BCUT2D eigenvalue weighted by molar-refractivity contribution is 5.87. The number of carbonyl (C=O) groups is 1. The molecule has 0 saturated carbocycles. The van der Waals surface area contributed by atoms with Gasteiger partial charge in [0.1, 0.15) is 5.82 Å². The maximum Gasteiger partial charge on any atom is 0.330 e. The lowest BCUT2D eigenvalue weighted by atomic mass is 10.1. The molecule has 1 aromatic rings. The van der Waals surface area contributed by atoms with Crippen molar-refractivity contribution in [1.29, 1.82) is 0 Å². The van der Waals surface area contributed by atoms with Crippen LogP contribution in [0.15, 0.2) is 24.3 Å². The number of nitro benzene ring substituents is 1. The van der Waals surface area contributed by atoms with Crippen LogP contribution < -0.4 is 0 Å². The Morgan fingerprint density at radius 2 is 2.25 bits per heavy atom. The van der Waals surface area contributed by atoms with Crippen molar-refractivity contribution >= 4 is 17.7 Å². The third kappa shape index (κ3) is 2.88. The van der Waals surface area contributed by atoms with Gasteiger partial charge in [0.2, 0.25) is 0 Å². The predicted octanol–water partition coefficient (Wildman–Crippen LogP) is 1.92. The number of halogens is 1. The number of nitro groups is 1. The van der Waals surface area contributed by atoms with E-state index in [1.54, 1.807) is 0 Å². The van der Waals surface area contributed by atoms with E-state index < -0.39 is 22.4 Å². The number of esters is 1. The van der Waals surface area contributed by atoms with E-state index in [4.69, 9.17) is 0 Å². The molecule has 0 fully saturated rings. The van der Waals surface area contributed by atoms with Crippen molar-refractivity contribution < 1.29 is 18.8 Å². The van der Waals surface area contributed by atoms with Gasteiger partial charge in [0.25, 0.3) is 5.69 Å². The van der Waals surface area contributed by atoms with Gasteiger partial charge in [-0.2, -0.15) is 0 Å². The standard InChI is InChI=1S/C10H8FNO4/c1-16-10(13)5-3-7-2-4-8(11)6-9(7)12(14)15/h2-6H,1H3/b5-3+. The van der Waals surface area contributed by atoms with Gasteiger partial charge in [0.05, 0.1) is 23.7 Å². The first-order valence-corrected chi connectivity index (χ1v) is 4.24. The second-order valence-corrected chi connectivity index (χ2v) is 2.82. The molecule has 0 aliphatic carbocycles. The zero-order chi connectivity index (χ0) is 12.1. The highest BCUT2D eigenvalue weighted by Gasteiger charge is 2.12. The molecule has 0 saturated heterocycles. The van der Waals surface area contributed by atoms with Gasteiger partial charge >= 0.3 is 5.97 Å². The lowest BCUT2D eigenvalue weighted by Crippen LogP contribution is -1.95. The van der Waals surface area contributed by atoms with Gasteiger partial charge in [-0.25, -0.2) is 9.18 Å². The zero-order valence-corrected chi connectivity index (χ0v) is 8.34. The molecule has 1 aromatic carbocycles. The summed E-state index contributed by atoms with van der Waals surface area (Å²) in [6.45, 7) is 0. The summed E-state index contributed by atoms with van der Waals surface area (Å²) in [7, 11) is 1.19. The third-order valence-corrected chi connectivity index (χ3v) is 1.79. The van der Waals surface area contributed by atoms with E-state index in [1.165, 1.54) is 19.3 Å². The monoisotopic (exact) mass is 225 g/mol. The highest BCUT2D eigenvalue weighted by atomic mass is 19.1. The fourth-order valence-electron chi connectivity index (χ4n) is 1.04. The summed E-state index contributed by atoms with van der Waals surface area (Å²) in [4.78, 5) is 20.6. The van der Waals surface area contributed by atoms with E-state index in [2.05, 4.69) is 4.74 Å². The summed E-state index contributed by atoms with van der Waals surface area (Å²) in [6, 6.07) is 3.08. The van der Waals surface area contributed by atoms with Crippen LogP contribution >= 0.6 is 0 Å². The van der Waals surface area contributed by atoms with Gasteiger partial charge < -0.3 is 4.74 Å². The Kier molecular flexibility index (Phi) is 3.71. The predicted molar refractivity (Wildman–Crippen MR) is 54.1 cm³/mol. The average molecular weight is 225 g/mol. The van der Waals surface area contributed by atoms with Gasteiger partial charge in [0.15, 0.2) is 0 Å². The Labute approximate surface area is 90.3 Å². The molecule has 1 rings (SSSR count). The molecular weight excluding hydrogens is 217 g/mol. The molecule has 0 aliphatic heterocycles. The zero-order valence-electron chi connectivity index (χ0n) is 8.34. The maximum absolute atomic E-state index is 12.8. The van der Waals surface area contributed by atoms with Crippen LogP contribution in [-0.2, 0) is 9.53 Å².